The molecule has 0 bridgehead atoms. The van der Waals surface area contributed by atoms with Gasteiger partial charge in [-0.05, 0) is 17.9 Å². The minimum atomic E-state index is -3.80. The molecule has 2 heterocycles. The van der Waals surface area contributed by atoms with Crippen molar-refractivity contribution >= 4 is 33.2 Å². The zero-order valence-corrected chi connectivity index (χ0v) is 14.2. The summed E-state index contributed by atoms with van der Waals surface area (Å²) in [6, 6.07) is 0.315. The van der Waals surface area contributed by atoms with Gasteiger partial charge in [0.25, 0.3) is 5.91 Å². The third kappa shape index (κ3) is 3.89. The van der Waals surface area contributed by atoms with Gasteiger partial charge in [-0.15, -0.1) is 11.3 Å². The van der Waals surface area contributed by atoms with Crippen LogP contribution in [0.3, 0.4) is 0 Å². The van der Waals surface area contributed by atoms with Gasteiger partial charge in [0.15, 0.2) is 0 Å². The van der Waals surface area contributed by atoms with Crippen molar-refractivity contribution in [3.8, 4) is 0 Å². The lowest BCUT2D eigenvalue weighted by molar-refractivity contribution is -0.139. The summed E-state index contributed by atoms with van der Waals surface area (Å²) in [5.74, 6) is -1.85. The summed E-state index contributed by atoms with van der Waals surface area (Å²) in [5.41, 5.74) is 0. The van der Waals surface area contributed by atoms with Gasteiger partial charge in [0.1, 0.15) is 15.8 Å². The zero-order valence-electron chi connectivity index (χ0n) is 12.5. The molecule has 0 aromatic carbocycles. The summed E-state index contributed by atoms with van der Waals surface area (Å²) in [6.45, 7) is 2.69. The summed E-state index contributed by atoms with van der Waals surface area (Å²) < 4.78 is 31.7. The number of nitrogens with zero attached hydrogens (tertiary/aromatic N) is 1. The normalized spacial score (nSPS) is 17.6. The number of amides is 1. The van der Waals surface area contributed by atoms with Crippen LogP contribution in [-0.4, -0.2) is 62.1 Å². The molecule has 0 radical (unpaired) electrons. The highest BCUT2D eigenvalue weighted by molar-refractivity contribution is 7.89. The molecule has 1 atom stereocenters. The van der Waals surface area contributed by atoms with Gasteiger partial charge in [-0.1, -0.05) is 6.92 Å². The average Bonchev–Trinajstić information content (AvgIpc) is 3.03. The van der Waals surface area contributed by atoms with Crippen LogP contribution in [-0.2, 0) is 19.6 Å². The summed E-state index contributed by atoms with van der Waals surface area (Å²) in [7, 11) is -3.80. The molecule has 1 aromatic heterocycles. The van der Waals surface area contributed by atoms with Crippen molar-refractivity contribution < 1.29 is 27.9 Å². The van der Waals surface area contributed by atoms with E-state index in [4.69, 9.17) is 9.84 Å². The second-order valence-corrected chi connectivity index (χ2v) is 7.73. The van der Waals surface area contributed by atoms with Gasteiger partial charge in [0.05, 0.1) is 13.2 Å². The summed E-state index contributed by atoms with van der Waals surface area (Å²) >= 11 is 0.971. The van der Waals surface area contributed by atoms with Crippen LogP contribution in [0.5, 0.6) is 0 Å². The molecule has 0 spiro atoms. The van der Waals surface area contributed by atoms with E-state index >= 15 is 0 Å². The van der Waals surface area contributed by atoms with Gasteiger partial charge in [0.2, 0.25) is 10.0 Å². The summed E-state index contributed by atoms with van der Waals surface area (Å²) in [4.78, 5) is 23.2. The van der Waals surface area contributed by atoms with E-state index in [9.17, 15) is 18.0 Å². The van der Waals surface area contributed by atoms with Gasteiger partial charge in [-0.25, -0.2) is 13.2 Å². The molecule has 2 rings (SSSR count). The first kappa shape index (κ1) is 17.9. The molecular weight excluding hydrogens is 344 g/mol. The van der Waals surface area contributed by atoms with Crippen molar-refractivity contribution in [2.24, 2.45) is 0 Å². The van der Waals surface area contributed by atoms with Crippen LogP contribution in [0.2, 0.25) is 0 Å². The standard InChI is InChI=1S/C13H18N2O6S2/c1-2-9(13(17)18)14-12(16)11-10(3-8-22-11)23(19,20)15-4-6-21-7-5-15/h3,8-9H,2,4-7H2,1H3,(H,14,16)(H,17,18). The Balaban J connectivity index is 2.24. The SMILES string of the molecule is CCC(NC(=O)c1sccc1S(=O)(=O)N1CCOCC1)C(=O)O. The highest BCUT2D eigenvalue weighted by atomic mass is 32.2. The first-order valence-corrected chi connectivity index (χ1v) is 9.39. The van der Waals surface area contributed by atoms with Gasteiger partial charge in [-0.3, -0.25) is 4.79 Å². The Hall–Kier alpha value is -1.49. The zero-order chi connectivity index (χ0) is 17.0. The summed E-state index contributed by atoms with van der Waals surface area (Å²) in [6.07, 6.45) is 0.206. The number of carbonyl (C=O) groups excluding carboxylic acids is 1. The first-order valence-electron chi connectivity index (χ1n) is 7.07. The monoisotopic (exact) mass is 362 g/mol. The average molecular weight is 362 g/mol. The van der Waals surface area contributed by atoms with E-state index in [1.165, 1.54) is 15.8 Å². The molecule has 10 heteroatoms. The maximum absolute atomic E-state index is 12.6. The quantitative estimate of drug-likeness (QED) is 0.756. The fourth-order valence-corrected chi connectivity index (χ4v) is 4.87. The van der Waals surface area contributed by atoms with Crippen molar-refractivity contribution in [3.05, 3.63) is 16.3 Å². The molecule has 1 fully saturated rings. The molecule has 8 nitrogen and oxygen atoms in total. The predicted molar refractivity (Wildman–Crippen MR) is 83.1 cm³/mol. The van der Waals surface area contributed by atoms with Gasteiger partial charge in [0, 0.05) is 13.1 Å². The molecule has 128 valence electrons. The number of carboxylic acid groups (broad SMARTS) is 1. The Kier molecular flexibility index (Phi) is 5.74. The molecular formula is C13H18N2O6S2. The molecule has 1 saturated heterocycles. The highest BCUT2D eigenvalue weighted by Gasteiger charge is 2.32. The van der Waals surface area contributed by atoms with Crippen molar-refractivity contribution in [1.29, 1.82) is 0 Å². The molecule has 0 aliphatic carbocycles. The second kappa shape index (κ2) is 7.39. The third-order valence-corrected chi connectivity index (χ3v) is 6.42. The fourth-order valence-electron chi connectivity index (χ4n) is 2.15. The number of thiophene rings is 1. The lowest BCUT2D eigenvalue weighted by atomic mass is 10.2. The van der Waals surface area contributed by atoms with E-state index in [0.717, 1.165) is 11.3 Å². The predicted octanol–water partition coefficient (Wildman–Crippen LogP) is 0.362. The molecule has 1 amide bonds. The number of ether oxygens (including phenoxy) is 1. The van der Waals surface area contributed by atoms with E-state index in [-0.39, 0.29) is 29.3 Å². The lowest BCUT2D eigenvalue weighted by Crippen LogP contribution is -2.42. The molecule has 1 aliphatic heterocycles. The Morgan fingerprint density at radius 2 is 2.09 bits per heavy atom. The van der Waals surface area contributed by atoms with Crippen molar-refractivity contribution in [2.45, 2.75) is 24.3 Å². The highest BCUT2D eigenvalue weighted by Crippen LogP contribution is 2.26. The van der Waals surface area contributed by atoms with Gasteiger partial charge < -0.3 is 15.2 Å². The number of hydrogen-bond acceptors (Lipinski definition) is 6. The maximum Gasteiger partial charge on any atom is 0.326 e. The van der Waals surface area contributed by atoms with Crippen LogP contribution in [0.25, 0.3) is 0 Å². The number of hydrogen-bond donors (Lipinski definition) is 2. The number of rotatable bonds is 6. The Morgan fingerprint density at radius 1 is 1.43 bits per heavy atom. The third-order valence-electron chi connectivity index (χ3n) is 3.43. The molecule has 1 aliphatic rings. The molecule has 1 unspecified atom stereocenters. The molecule has 0 saturated carbocycles. The van der Waals surface area contributed by atoms with Crippen LogP contribution < -0.4 is 5.32 Å². The fraction of sp³-hybridized carbons (Fsp3) is 0.538. The van der Waals surface area contributed by atoms with Crippen LogP contribution in [0.15, 0.2) is 16.3 Å². The second-order valence-electron chi connectivity index (χ2n) is 4.90. The Morgan fingerprint density at radius 3 is 2.65 bits per heavy atom. The molecule has 2 N–H and O–H groups in total. The molecule has 1 aromatic rings. The lowest BCUT2D eigenvalue weighted by Gasteiger charge is -2.26. The first-order chi connectivity index (χ1) is 10.9. The van der Waals surface area contributed by atoms with Crippen LogP contribution in [0.1, 0.15) is 23.0 Å². The van der Waals surface area contributed by atoms with E-state index in [2.05, 4.69) is 5.32 Å². The topological polar surface area (TPSA) is 113 Å². The van der Waals surface area contributed by atoms with Crippen molar-refractivity contribution in [3.63, 3.8) is 0 Å². The van der Waals surface area contributed by atoms with Crippen LogP contribution >= 0.6 is 11.3 Å². The van der Waals surface area contributed by atoms with Crippen LogP contribution in [0, 0.1) is 0 Å². The van der Waals surface area contributed by atoms with Gasteiger partial charge >= 0.3 is 5.97 Å². The number of carboxylic acids is 1. The molecule has 23 heavy (non-hydrogen) atoms. The Labute approximate surface area is 138 Å². The largest absolute Gasteiger partial charge is 0.480 e. The Bertz CT molecular complexity index is 678. The van der Waals surface area contributed by atoms with E-state index in [1.807, 2.05) is 0 Å². The minimum Gasteiger partial charge on any atom is -0.480 e. The number of carbonyl (C=O) groups is 2. The number of aliphatic carboxylic acids is 1. The van der Waals surface area contributed by atoms with Crippen molar-refractivity contribution in [1.82, 2.24) is 9.62 Å². The van der Waals surface area contributed by atoms with Crippen LogP contribution in [0.4, 0.5) is 0 Å². The minimum absolute atomic E-state index is 0.00353. The summed E-state index contributed by atoms with van der Waals surface area (Å²) in [5, 5.41) is 12.9. The van der Waals surface area contributed by atoms with E-state index in [0.29, 0.717) is 13.2 Å². The van der Waals surface area contributed by atoms with E-state index < -0.39 is 27.9 Å². The van der Waals surface area contributed by atoms with Crippen molar-refractivity contribution in [2.75, 3.05) is 26.3 Å². The van der Waals surface area contributed by atoms with Gasteiger partial charge in [-0.2, -0.15) is 4.31 Å². The smallest absolute Gasteiger partial charge is 0.326 e. The van der Waals surface area contributed by atoms with E-state index in [1.54, 1.807) is 6.92 Å². The maximum atomic E-state index is 12.6. The number of nitrogens with one attached hydrogen (secondary N) is 1. The number of morpholine rings is 1. The number of sulfonamides is 1.